The summed E-state index contributed by atoms with van der Waals surface area (Å²) in [6.07, 6.45) is 1.25. The number of nitrogens with one attached hydrogen (secondary N) is 1. The van der Waals surface area contributed by atoms with E-state index in [0.29, 0.717) is 0 Å². The Morgan fingerprint density at radius 1 is 1.36 bits per heavy atom. The van der Waals surface area contributed by atoms with Crippen LogP contribution in [0, 0.1) is 0 Å². The first-order valence-electron chi connectivity index (χ1n) is 3.95. The van der Waals surface area contributed by atoms with E-state index in [-0.39, 0.29) is 0 Å². The van der Waals surface area contributed by atoms with E-state index in [9.17, 15) is 4.79 Å². The molecule has 1 amide bonds. The summed E-state index contributed by atoms with van der Waals surface area (Å²) in [7, 11) is 0. The molecule has 0 aliphatic heterocycles. The molecule has 0 saturated carbocycles. The molecule has 0 aliphatic carbocycles. The van der Waals surface area contributed by atoms with Crippen molar-refractivity contribution in [2.24, 2.45) is 0 Å². The lowest BCUT2D eigenvalue weighted by atomic mass is 10.6. The third-order valence-electron chi connectivity index (χ3n) is 1.24. The zero-order chi connectivity index (χ0) is 8.69. The standard InChI is InChI=1S/C7H17NO2S/c1-3-5-11(6-4-2)8-7(9)10/h8,11H,3-6H2,1-2H3,(H,9,10). The largest absolute Gasteiger partial charge is 0.464 e. The number of amides is 1. The topological polar surface area (TPSA) is 49.3 Å². The number of thiol groups is 1. The van der Waals surface area contributed by atoms with Gasteiger partial charge in [-0.3, -0.25) is 4.72 Å². The molecule has 0 aromatic rings. The Balaban J connectivity index is 3.59. The number of rotatable bonds is 5. The van der Waals surface area contributed by atoms with Gasteiger partial charge < -0.3 is 5.11 Å². The van der Waals surface area contributed by atoms with Crippen LogP contribution < -0.4 is 4.72 Å². The van der Waals surface area contributed by atoms with Crippen LogP contribution in [0.25, 0.3) is 0 Å². The van der Waals surface area contributed by atoms with Crippen molar-refractivity contribution in [3.8, 4) is 0 Å². The highest BCUT2D eigenvalue weighted by molar-refractivity contribution is 8.15. The number of hydrogen-bond donors (Lipinski definition) is 3. The second kappa shape index (κ2) is 6.34. The normalized spacial score (nSPS) is 10.9. The molecular formula is C7H17NO2S. The van der Waals surface area contributed by atoms with Gasteiger partial charge in [0.05, 0.1) is 0 Å². The van der Waals surface area contributed by atoms with E-state index in [2.05, 4.69) is 18.6 Å². The van der Waals surface area contributed by atoms with Crippen LogP contribution >= 0.6 is 11.1 Å². The molecule has 0 rings (SSSR count). The Morgan fingerprint density at radius 3 is 2.09 bits per heavy atom. The maximum Gasteiger partial charge on any atom is 0.413 e. The molecule has 2 N–H and O–H groups in total. The van der Waals surface area contributed by atoms with Crippen LogP contribution in [0.15, 0.2) is 0 Å². The highest BCUT2D eigenvalue weighted by atomic mass is 32.2. The first-order chi connectivity index (χ1) is 5.20. The predicted octanol–water partition coefficient (Wildman–Crippen LogP) is 1.99. The summed E-state index contributed by atoms with van der Waals surface area (Å²) in [4.78, 5) is 10.3. The van der Waals surface area contributed by atoms with Gasteiger partial charge in [-0.2, -0.15) is 11.1 Å². The maximum absolute atomic E-state index is 10.3. The van der Waals surface area contributed by atoms with Crippen LogP contribution in [-0.2, 0) is 0 Å². The second-order valence-corrected chi connectivity index (χ2v) is 4.60. The zero-order valence-electron chi connectivity index (χ0n) is 7.13. The van der Waals surface area contributed by atoms with E-state index in [4.69, 9.17) is 5.11 Å². The van der Waals surface area contributed by atoms with Gasteiger partial charge in [-0.25, -0.2) is 4.79 Å². The van der Waals surface area contributed by atoms with Crippen LogP contribution in [0.1, 0.15) is 26.7 Å². The highest BCUT2D eigenvalue weighted by Crippen LogP contribution is 2.21. The second-order valence-electron chi connectivity index (χ2n) is 2.40. The summed E-state index contributed by atoms with van der Waals surface area (Å²) < 4.78 is 2.56. The third-order valence-corrected chi connectivity index (χ3v) is 3.72. The third kappa shape index (κ3) is 6.04. The first kappa shape index (κ1) is 10.6. The van der Waals surface area contributed by atoms with E-state index in [1.165, 1.54) is 0 Å². The highest BCUT2D eigenvalue weighted by Gasteiger charge is 2.03. The molecular weight excluding hydrogens is 162 g/mol. The summed E-state index contributed by atoms with van der Waals surface area (Å²) in [6, 6.07) is 0. The quantitative estimate of drug-likeness (QED) is 0.565. The summed E-state index contributed by atoms with van der Waals surface area (Å²) in [5, 5.41) is 8.44. The van der Waals surface area contributed by atoms with Crippen molar-refractivity contribution in [3.63, 3.8) is 0 Å². The van der Waals surface area contributed by atoms with E-state index in [0.717, 1.165) is 24.3 Å². The molecule has 0 heterocycles. The van der Waals surface area contributed by atoms with Crippen molar-refractivity contribution in [2.75, 3.05) is 11.5 Å². The lowest BCUT2D eigenvalue weighted by Crippen LogP contribution is -2.20. The Kier molecular flexibility index (Phi) is 6.12. The smallest absolute Gasteiger partial charge is 0.413 e. The molecule has 4 heteroatoms. The van der Waals surface area contributed by atoms with Gasteiger partial charge in [0, 0.05) is 0 Å². The molecule has 0 atom stereocenters. The van der Waals surface area contributed by atoms with Gasteiger partial charge in [-0.05, 0) is 24.3 Å². The van der Waals surface area contributed by atoms with Crippen LogP contribution in [0.2, 0.25) is 0 Å². The first-order valence-corrected chi connectivity index (χ1v) is 5.66. The van der Waals surface area contributed by atoms with Gasteiger partial charge in [0.1, 0.15) is 0 Å². The maximum atomic E-state index is 10.3. The Morgan fingerprint density at radius 2 is 1.82 bits per heavy atom. The van der Waals surface area contributed by atoms with Gasteiger partial charge in [-0.15, -0.1) is 0 Å². The van der Waals surface area contributed by atoms with E-state index >= 15 is 0 Å². The van der Waals surface area contributed by atoms with Crippen LogP contribution in [0.3, 0.4) is 0 Å². The fourth-order valence-electron chi connectivity index (χ4n) is 0.899. The Bertz CT molecular complexity index is 113. The zero-order valence-corrected chi connectivity index (χ0v) is 8.03. The number of carboxylic acid groups (broad SMARTS) is 1. The summed E-state index contributed by atoms with van der Waals surface area (Å²) >= 11 is -0.450. The fraction of sp³-hybridized carbons (Fsp3) is 0.857. The van der Waals surface area contributed by atoms with Crippen molar-refractivity contribution in [3.05, 3.63) is 0 Å². The Labute approximate surface area is 70.7 Å². The average Bonchev–Trinajstić information content (AvgIpc) is 1.87. The minimum atomic E-state index is -0.877. The summed E-state index contributed by atoms with van der Waals surface area (Å²) in [5.41, 5.74) is 0. The number of hydrogen-bond acceptors (Lipinski definition) is 1. The molecule has 0 bridgehead atoms. The minimum Gasteiger partial charge on any atom is -0.464 e. The van der Waals surface area contributed by atoms with Crippen molar-refractivity contribution < 1.29 is 9.90 Å². The summed E-state index contributed by atoms with van der Waals surface area (Å²) in [5.74, 6) is 2.02. The van der Waals surface area contributed by atoms with E-state index < -0.39 is 17.2 Å². The van der Waals surface area contributed by atoms with Gasteiger partial charge in [0.15, 0.2) is 0 Å². The van der Waals surface area contributed by atoms with Gasteiger partial charge in [0.25, 0.3) is 0 Å². The fourth-order valence-corrected chi connectivity index (χ4v) is 2.70. The lowest BCUT2D eigenvalue weighted by molar-refractivity contribution is 0.201. The van der Waals surface area contributed by atoms with Gasteiger partial charge in [-0.1, -0.05) is 13.8 Å². The van der Waals surface area contributed by atoms with Crippen molar-refractivity contribution >= 4 is 17.2 Å². The molecule has 0 saturated heterocycles. The molecule has 0 aromatic heterocycles. The van der Waals surface area contributed by atoms with E-state index in [1.54, 1.807) is 0 Å². The molecule has 11 heavy (non-hydrogen) atoms. The van der Waals surface area contributed by atoms with Gasteiger partial charge >= 0.3 is 6.09 Å². The van der Waals surface area contributed by atoms with Crippen molar-refractivity contribution in [1.82, 2.24) is 4.72 Å². The molecule has 0 aromatic carbocycles. The molecule has 0 fully saturated rings. The average molecular weight is 179 g/mol. The van der Waals surface area contributed by atoms with Gasteiger partial charge in [0.2, 0.25) is 0 Å². The monoisotopic (exact) mass is 179 g/mol. The van der Waals surface area contributed by atoms with Crippen LogP contribution in [0.4, 0.5) is 4.79 Å². The SMILES string of the molecule is CCC[SH](CCC)NC(=O)O. The molecule has 68 valence electrons. The van der Waals surface area contributed by atoms with E-state index in [1.807, 2.05) is 0 Å². The number of carbonyl (C=O) groups is 1. The molecule has 3 nitrogen and oxygen atoms in total. The predicted molar refractivity (Wildman–Crippen MR) is 50.5 cm³/mol. The van der Waals surface area contributed by atoms with Crippen LogP contribution in [0.5, 0.6) is 0 Å². The van der Waals surface area contributed by atoms with Crippen molar-refractivity contribution in [2.45, 2.75) is 26.7 Å². The Hall–Kier alpha value is -0.380. The molecule has 0 unspecified atom stereocenters. The minimum absolute atomic E-state index is 0.450. The molecule has 0 radical (unpaired) electrons. The molecule has 0 aliphatic rings. The summed E-state index contributed by atoms with van der Waals surface area (Å²) in [6.45, 7) is 4.16. The van der Waals surface area contributed by atoms with Crippen LogP contribution in [-0.4, -0.2) is 22.7 Å². The molecule has 0 spiro atoms. The lowest BCUT2D eigenvalue weighted by Gasteiger charge is -2.19. The van der Waals surface area contributed by atoms with Crippen molar-refractivity contribution in [1.29, 1.82) is 0 Å².